The maximum atomic E-state index is 12.9. The Morgan fingerprint density at radius 2 is 1.86 bits per heavy atom. The first-order chi connectivity index (χ1) is 10.1. The van der Waals surface area contributed by atoms with Gasteiger partial charge in [-0.05, 0) is 38.5 Å². The van der Waals surface area contributed by atoms with E-state index in [0.717, 1.165) is 19.4 Å². The zero-order valence-corrected chi connectivity index (χ0v) is 12.5. The predicted molar refractivity (Wildman–Crippen MR) is 76.0 cm³/mol. The van der Waals surface area contributed by atoms with E-state index in [1.165, 1.54) is 12.8 Å². The molecule has 3 fully saturated rings. The average molecular weight is 296 g/mol. The molecule has 2 atom stereocenters. The molecule has 0 bridgehead atoms. The third-order valence-electron chi connectivity index (χ3n) is 4.74. The van der Waals surface area contributed by atoms with E-state index in [-0.39, 0.29) is 18.7 Å². The highest BCUT2D eigenvalue weighted by Crippen LogP contribution is 2.36. The van der Waals surface area contributed by atoms with Crippen molar-refractivity contribution in [3.63, 3.8) is 0 Å². The van der Waals surface area contributed by atoms with Crippen LogP contribution in [0.25, 0.3) is 0 Å². The highest BCUT2D eigenvalue weighted by atomic mass is 16.5. The zero-order chi connectivity index (χ0) is 15.0. The van der Waals surface area contributed by atoms with Crippen LogP contribution < -0.4 is 0 Å². The number of ether oxygens (including phenoxy) is 1. The SMILES string of the molecule is CCN(C(=O)N(CC1CC1)C1CC1)C1COCC1C(=O)O. The van der Waals surface area contributed by atoms with Gasteiger partial charge in [0.25, 0.3) is 0 Å². The van der Waals surface area contributed by atoms with Crippen molar-refractivity contribution in [2.45, 2.75) is 44.7 Å². The van der Waals surface area contributed by atoms with E-state index < -0.39 is 11.9 Å². The number of likely N-dealkylation sites (N-methyl/N-ethyl adjacent to an activating group) is 1. The van der Waals surface area contributed by atoms with Crippen LogP contribution in [0.5, 0.6) is 0 Å². The van der Waals surface area contributed by atoms with E-state index in [1.54, 1.807) is 4.90 Å². The first-order valence-electron chi connectivity index (χ1n) is 7.99. The molecular weight excluding hydrogens is 272 g/mol. The fraction of sp³-hybridized carbons (Fsp3) is 0.867. The molecule has 1 N–H and O–H groups in total. The molecule has 0 radical (unpaired) electrons. The van der Waals surface area contributed by atoms with E-state index >= 15 is 0 Å². The summed E-state index contributed by atoms with van der Waals surface area (Å²) in [6, 6.07) is 0.0480. The molecule has 118 valence electrons. The number of carboxylic acids is 1. The van der Waals surface area contributed by atoms with Gasteiger partial charge in [0.1, 0.15) is 5.92 Å². The van der Waals surface area contributed by atoms with Gasteiger partial charge in [0.15, 0.2) is 0 Å². The van der Waals surface area contributed by atoms with Gasteiger partial charge in [0.05, 0.1) is 19.3 Å². The lowest BCUT2D eigenvalue weighted by molar-refractivity contribution is -0.142. The minimum atomic E-state index is -0.871. The fourth-order valence-corrected chi connectivity index (χ4v) is 3.11. The number of hydrogen-bond acceptors (Lipinski definition) is 3. The molecule has 1 aliphatic heterocycles. The molecule has 0 aromatic rings. The van der Waals surface area contributed by atoms with Crippen molar-refractivity contribution in [3.05, 3.63) is 0 Å². The maximum absolute atomic E-state index is 12.9. The van der Waals surface area contributed by atoms with Crippen molar-refractivity contribution in [1.29, 1.82) is 0 Å². The van der Waals surface area contributed by atoms with Crippen LogP contribution in [0.15, 0.2) is 0 Å². The third-order valence-corrected chi connectivity index (χ3v) is 4.74. The van der Waals surface area contributed by atoms with Gasteiger partial charge in [-0.1, -0.05) is 0 Å². The Hall–Kier alpha value is -1.30. The van der Waals surface area contributed by atoms with Crippen molar-refractivity contribution >= 4 is 12.0 Å². The van der Waals surface area contributed by atoms with Crippen LogP contribution in [0, 0.1) is 11.8 Å². The molecule has 0 spiro atoms. The monoisotopic (exact) mass is 296 g/mol. The van der Waals surface area contributed by atoms with E-state index in [2.05, 4.69) is 0 Å². The van der Waals surface area contributed by atoms with Crippen LogP contribution in [-0.2, 0) is 9.53 Å². The van der Waals surface area contributed by atoms with Crippen molar-refractivity contribution in [3.8, 4) is 0 Å². The van der Waals surface area contributed by atoms with Gasteiger partial charge in [-0.3, -0.25) is 4.79 Å². The molecule has 0 aromatic carbocycles. The number of urea groups is 1. The van der Waals surface area contributed by atoms with Crippen molar-refractivity contribution in [1.82, 2.24) is 9.80 Å². The van der Waals surface area contributed by atoms with Crippen molar-refractivity contribution < 1.29 is 19.4 Å². The topological polar surface area (TPSA) is 70.1 Å². The van der Waals surface area contributed by atoms with Crippen LogP contribution in [-0.4, -0.2) is 65.3 Å². The lowest BCUT2D eigenvalue weighted by Gasteiger charge is -2.35. The lowest BCUT2D eigenvalue weighted by atomic mass is 10.0. The van der Waals surface area contributed by atoms with Gasteiger partial charge < -0.3 is 19.6 Å². The largest absolute Gasteiger partial charge is 0.481 e. The summed E-state index contributed by atoms with van der Waals surface area (Å²) in [5, 5.41) is 9.29. The smallest absolute Gasteiger partial charge is 0.320 e. The van der Waals surface area contributed by atoms with Crippen LogP contribution in [0.2, 0.25) is 0 Å². The minimum Gasteiger partial charge on any atom is -0.481 e. The first-order valence-corrected chi connectivity index (χ1v) is 7.99. The molecular formula is C15H24N2O4. The standard InChI is InChI=1S/C15H24N2O4/c1-2-16(13-9-21-8-12(13)14(18)19)15(20)17(11-5-6-11)7-10-3-4-10/h10-13H,2-9H2,1H3,(H,18,19). The number of carboxylic acid groups (broad SMARTS) is 1. The summed E-state index contributed by atoms with van der Waals surface area (Å²) in [5.74, 6) is -0.817. The Morgan fingerprint density at radius 1 is 1.14 bits per heavy atom. The second-order valence-electron chi connectivity index (χ2n) is 6.45. The van der Waals surface area contributed by atoms with E-state index in [0.29, 0.717) is 25.1 Å². The molecule has 3 aliphatic rings. The maximum Gasteiger partial charge on any atom is 0.320 e. The molecule has 1 saturated heterocycles. The van der Waals surface area contributed by atoms with Crippen molar-refractivity contribution in [2.75, 3.05) is 26.3 Å². The Morgan fingerprint density at radius 3 is 2.38 bits per heavy atom. The molecule has 1 heterocycles. The summed E-state index contributed by atoms with van der Waals surface area (Å²) in [7, 11) is 0. The van der Waals surface area contributed by atoms with E-state index in [4.69, 9.17) is 4.74 Å². The average Bonchev–Trinajstić information content (AvgIpc) is 3.36. The third kappa shape index (κ3) is 3.15. The number of hydrogen-bond donors (Lipinski definition) is 1. The molecule has 6 nitrogen and oxygen atoms in total. The minimum absolute atomic E-state index is 0.00801. The van der Waals surface area contributed by atoms with Crippen LogP contribution in [0.3, 0.4) is 0 Å². The lowest BCUT2D eigenvalue weighted by Crippen LogP contribution is -2.52. The molecule has 6 heteroatoms. The number of carbonyl (C=O) groups excluding carboxylic acids is 1. The zero-order valence-electron chi connectivity index (χ0n) is 12.5. The summed E-state index contributed by atoms with van der Waals surface area (Å²) < 4.78 is 5.32. The molecule has 2 unspecified atom stereocenters. The second-order valence-corrected chi connectivity index (χ2v) is 6.45. The van der Waals surface area contributed by atoms with Gasteiger partial charge in [-0.2, -0.15) is 0 Å². The van der Waals surface area contributed by atoms with Crippen molar-refractivity contribution in [2.24, 2.45) is 11.8 Å². The van der Waals surface area contributed by atoms with Gasteiger partial charge >= 0.3 is 12.0 Å². The molecule has 3 rings (SSSR count). The van der Waals surface area contributed by atoms with Gasteiger partial charge in [-0.15, -0.1) is 0 Å². The van der Waals surface area contributed by atoms with Gasteiger partial charge in [0.2, 0.25) is 0 Å². The number of carbonyl (C=O) groups is 2. The van der Waals surface area contributed by atoms with E-state index in [9.17, 15) is 14.7 Å². The highest BCUT2D eigenvalue weighted by molar-refractivity contribution is 5.78. The first kappa shape index (κ1) is 14.6. The quantitative estimate of drug-likeness (QED) is 0.804. The molecule has 0 aromatic heterocycles. The Labute approximate surface area is 125 Å². The Balaban J connectivity index is 1.71. The fourth-order valence-electron chi connectivity index (χ4n) is 3.11. The predicted octanol–water partition coefficient (Wildman–Crippen LogP) is 1.40. The molecule has 2 saturated carbocycles. The second kappa shape index (κ2) is 5.83. The normalized spacial score (nSPS) is 28.4. The highest BCUT2D eigenvalue weighted by Gasteiger charge is 2.44. The van der Waals surface area contributed by atoms with Gasteiger partial charge in [0, 0.05) is 19.1 Å². The number of aliphatic carboxylic acids is 1. The molecule has 21 heavy (non-hydrogen) atoms. The van der Waals surface area contributed by atoms with Crippen LogP contribution in [0.4, 0.5) is 4.79 Å². The Kier molecular flexibility index (Phi) is 4.06. The number of amides is 2. The summed E-state index contributed by atoms with van der Waals surface area (Å²) in [5.41, 5.74) is 0. The summed E-state index contributed by atoms with van der Waals surface area (Å²) >= 11 is 0. The van der Waals surface area contributed by atoms with E-state index in [1.807, 2.05) is 11.8 Å². The van der Waals surface area contributed by atoms with Crippen LogP contribution in [0.1, 0.15) is 32.6 Å². The summed E-state index contributed by atoms with van der Waals surface area (Å²) in [4.78, 5) is 27.9. The number of rotatable bonds is 6. The molecule has 2 aliphatic carbocycles. The Bertz CT molecular complexity index is 420. The summed E-state index contributed by atoms with van der Waals surface area (Å²) in [6.07, 6.45) is 4.60. The van der Waals surface area contributed by atoms with Gasteiger partial charge in [-0.25, -0.2) is 4.79 Å². The van der Waals surface area contributed by atoms with Crippen LogP contribution >= 0.6 is 0 Å². The molecule has 2 amide bonds. The summed E-state index contributed by atoms with van der Waals surface area (Å²) in [6.45, 7) is 3.82. The number of nitrogens with zero attached hydrogens (tertiary/aromatic N) is 2.